The molecule has 0 amide bonds. The van der Waals surface area contributed by atoms with Crippen LogP contribution in [0.3, 0.4) is 0 Å². The Balaban J connectivity index is 0.000000566. The molecule has 2 N–H and O–H groups in total. The van der Waals surface area contributed by atoms with E-state index in [4.69, 9.17) is 16.3 Å². The second kappa shape index (κ2) is 16.4. The summed E-state index contributed by atoms with van der Waals surface area (Å²) in [6.07, 6.45) is -0.872. The number of aliphatic imine (C=N–C) groups is 2. The number of unbranched alkanes of at least 4 members (excludes halogenated alkanes) is 1. The quantitative estimate of drug-likeness (QED) is 0.186. The summed E-state index contributed by atoms with van der Waals surface area (Å²) in [5.41, 5.74) is 1.63. The number of carbonyl (C=O) groups excluding carboxylic acids is 1. The smallest absolute Gasteiger partial charge is 0.378 e. The highest BCUT2D eigenvalue weighted by molar-refractivity contribution is 6.17. The monoisotopic (exact) mass is 516 g/mol. The van der Waals surface area contributed by atoms with Gasteiger partial charge in [-0.05, 0) is 50.6 Å². The maximum Gasteiger partial charge on any atom is 0.416 e. The molecule has 2 rings (SSSR count). The van der Waals surface area contributed by atoms with E-state index in [1.165, 1.54) is 6.07 Å². The van der Waals surface area contributed by atoms with E-state index in [1.807, 2.05) is 6.92 Å². The molecule has 1 saturated heterocycles. The van der Waals surface area contributed by atoms with Crippen LogP contribution in [0.4, 0.5) is 13.2 Å². The number of carbonyl (C=O) groups is 1. The molecule has 1 aliphatic heterocycles. The molecule has 1 aromatic rings. The van der Waals surface area contributed by atoms with Crippen molar-refractivity contribution < 1.29 is 22.7 Å². The number of benzene rings is 1. The molecule has 196 valence electrons. The van der Waals surface area contributed by atoms with Crippen molar-refractivity contribution in [3.8, 4) is 0 Å². The van der Waals surface area contributed by atoms with E-state index >= 15 is 0 Å². The van der Waals surface area contributed by atoms with Crippen molar-refractivity contribution in [1.82, 2.24) is 10.6 Å². The van der Waals surface area contributed by atoms with Gasteiger partial charge in [0, 0.05) is 17.8 Å². The molecule has 1 atom stereocenters. The third-order valence-corrected chi connectivity index (χ3v) is 5.41. The summed E-state index contributed by atoms with van der Waals surface area (Å²) in [7, 11) is 0. The van der Waals surface area contributed by atoms with Crippen LogP contribution in [0.5, 0.6) is 0 Å². The number of morpholine rings is 1. The van der Waals surface area contributed by atoms with Crippen molar-refractivity contribution in [2.75, 3.05) is 25.8 Å². The van der Waals surface area contributed by atoms with Gasteiger partial charge in [0.25, 0.3) is 0 Å². The van der Waals surface area contributed by atoms with Gasteiger partial charge < -0.3 is 15.4 Å². The SMILES string of the molecule is C=NC(=NCc1cccc(C(F)(F)F)c1)/C(CC)=C(/CCCC)NCCl.CC(=O)C1COCCN1. The minimum atomic E-state index is -4.37. The van der Waals surface area contributed by atoms with E-state index < -0.39 is 11.7 Å². The lowest BCUT2D eigenvalue weighted by Gasteiger charge is -2.20. The third-order valence-electron chi connectivity index (χ3n) is 5.28. The van der Waals surface area contributed by atoms with Crippen molar-refractivity contribution >= 4 is 29.9 Å². The van der Waals surface area contributed by atoms with Crippen LogP contribution in [0, 0.1) is 0 Å². The van der Waals surface area contributed by atoms with Crippen LogP contribution in [0.15, 0.2) is 45.5 Å². The molecule has 0 aromatic heterocycles. The Morgan fingerprint density at radius 3 is 2.57 bits per heavy atom. The van der Waals surface area contributed by atoms with Gasteiger partial charge >= 0.3 is 6.18 Å². The number of ketones is 1. The van der Waals surface area contributed by atoms with Gasteiger partial charge in [-0.2, -0.15) is 13.2 Å². The number of nitrogens with zero attached hydrogens (tertiary/aromatic N) is 2. The third kappa shape index (κ3) is 11.4. The Hall–Kier alpha value is -2.23. The largest absolute Gasteiger partial charge is 0.416 e. The van der Waals surface area contributed by atoms with Crippen LogP contribution in [0.25, 0.3) is 0 Å². The number of hydrogen-bond acceptors (Lipinski definition) is 5. The Kier molecular flexibility index (Phi) is 14.5. The molecule has 0 radical (unpaired) electrons. The van der Waals surface area contributed by atoms with Crippen molar-refractivity contribution in [1.29, 1.82) is 0 Å². The predicted molar refractivity (Wildman–Crippen MR) is 136 cm³/mol. The lowest BCUT2D eigenvalue weighted by atomic mass is 10.1. The zero-order valence-electron chi connectivity index (χ0n) is 20.7. The van der Waals surface area contributed by atoms with Gasteiger partial charge in [0.05, 0.1) is 37.4 Å². The number of halogens is 4. The number of allylic oxidation sites excluding steroid dienone is 1. The summed E-state index contributed by atoms with van der Waals surface area (Å²) in [6, 6.07) is 5.36. The van der Waals surface area contributed by atoms with E-state index in [2.05, 4.69) is 34.3 Å². The topological polar surface area (TPSA) is 75.1 Å². The lowest BCUT2D eigenvalue weighted by molar-refractivity contribution is -0.137. The maximum absolute atomic E-state index is 12.8. The fraction of sp³-hybridized carbons (Fsp3) is 0.560. The van der Waals surface area contributed by atoms with Crippen molar-refractivity contribution in [3.05, 3.63) is 46.7 Å². The average molecular weight is 517 g/mol. The van der Waals surface area contributed by atoms with Gasteiger partial charge in [0.15, 0.2) is 5.84 Å². The van der Waals surface area contributed by atoms with Crippen LogP contribution in [-0.4, -0.2) is 50.1 Å². The molecule has 0 saturated carbocycles. The number of alkyl halides is 4. The average Bonchev–Trinajstić information content (AvgIpc) is 2.85. The molecule has 6 nitrogen and oxygen atoms in total. The molecule has 1 heterocycles. The second-order valence-electron chi connectivity index (χ2n) is 7.91. The van der Waals surface area contributed by atoms with Crippen LogP contribution in [0.2, 0.25) is 0 Å². The minimum absolute atomic E-state index is 0.0567. The minimum Gasteiger partial charge on any atom is -0.378 e. The van der Waals surface area contributed by atoms with Crippen LogP contribution >= 0.6 is 11.6 Å². The normalized spacial score (nSPS) is 17.1. The molecule has 1 fully saturated rings. The number of ether oxygens (including phenoxy) is 1. The summed E-state index contributed by atoms with van der Waals surface area (Å²) < 4.78 is 43.6. The molecule has 0 bridgehead atoms. The summed E-state index contributed by atoms with van der Waals surface area (Å²) in [4.78, 5) is 19.0. The van der Waals surface area contributed by atoms with E-state index in [0.717, 1.165) is 55.8 Å². The Bertz CT molecular complexity index is 867. The van der Waals surface area contributed by atoms with Crippen LogP contribution in [-0.2, 0) is 22.3 Å². The van der Waals surface area contributed by atoms with Gasteiger partial charge in [0.1, 0.15) is 5.78 Å². The highest BCUT2D eigenvalue weighted by atomic mass is 35.5. The summed E-state index contributed by atoms with van der Waals surface area (Å²) in [5.74, 6) is 0.600. The summed E-state index contributed by atoms with van der Waals surface area (Å²) in [5, 5.41) is 6.18. The molecular weight excluding hydrogens is 481 g/mol. The van der Waals surface area contributed by atoms with Crippen LogP contribution in [0.1, 0.15) is 57.6 Å². The maximum atomic E-state index is 12.8. The first-order valence-corrected chi connectivity index (χ1v) is 12.2. The highest BCUT2D eigenvalue weighted by Crippen LogP contribution is 2.29. The van der Waals surface area contributed by atoms with Gasteiger partial charge in [-0.3, -0.25) is 9.79 Å². The Labute approximate surface area is 211 Å². The lowest BCUT2D eigenvalue weighted by Crippen LogP contribution is -2.45. The standard InChI is InChI=1S/C19H25ClF3N3.C6H11NO2/c1-4-6-10-17(26-13-20)16(5-2)18(24-3)25-12-14-8-7-9-15(11-14)19(21,22)23;1-5(8)6-4-9-3-2-7-6/h7-9,11,26H,3-6,10,12-13H2,1-2H3;6-7H,2-4H2,1H3/b17-16-,25-18?;. The first kappa shape index (κ1) is 30.8. The molecule has 0 aliphatic carbocycles. The number of amidine groups is 1. The molecule has 1 aliphatic rings. The van der Waals surface area contributed by atoms with E-state index in [0.29, 0.717) is 24.4 Å². The molecule has 1 unspecified atom stereocenters. The Morgan fingerprint density at radius 1 is 1.34 bits per heavy atom. The first-order chi connectivity index (χ1) is 16.7. The number of Topliss-reactive ketones (excluding diaryl/α,β-unsaturated/α-hetero) is 1. The zero-order valence-corrected chi connectivity index (χ0v) is 21.4. The van der Waals surface area contributed by atoms with Gasteiger partial charge in [0.2, 0.25) is 0 Å². The summed E-state index contributed by atoms with van der Waals surface area (Å²) in [6.45, 7) is 11.4. The van der Waals surface area contributed by atoms with Gasteiger partial charge in [-0.15, -0.1) is 11.6 Å². The molecule has 0 spiro atoms. The number of rotatable bonds is 10. The first-order valence-electron chi connectivity index (χ1n) is 11.7. The molecule has 35 heavy (non-hydrogen) atoms. The second-order valence-corrected chi connectivity index (χ2v) is 8.18. The molecule has 10 heteroatoms. The van der Waals surface area contributed by atoms with E-state index in [-0.39, 0.29) is 24.4 Å². The summed E-state index contributed by atoms with van der Waals surface area (Å²) >= 11 is 5.82. The van der Waals surface area contributed by atoms with Crippen molar-refractivity contribution in [2.45, 2.75) is 65.2 Å². The highest BCUT2D eigenvalue weighted by Gasteiger charge is 2.30. The Morgan fingerprint density at radius 2 is 2.09 bits per heavy atom. The molecule has 1 aromatic carbocycles. The van der Waals surface area contributed by atoms with Crippen molar-refractivity contribution in [3.63, 3.8) is 0 Å². The van der Waals surface area contributed by atoms with Crippen LogP contribution < -0.4 is 10.6 Å². The zero-order chi connectivity index (χ0) is 26.3. The number of hydrogen-bond donors (Lipinski definition) is 2. The fourth-order valence-electron chi connectivity index (χ4n) is 3.37. The number of nitrogens with one attached hydrogen (secondary N) is 2. The molecular formula is C25H36ClF3N4O2. The van der Waals surface area contributed by atoms with Crippen molar-refractivity contribution in [2.24, 2.45) is 9.98 Å². The van der Waals surface area contributed by atoms with Gasteiger partial charge in [-0.25, -0.2) is 4.99 Å². The van der Waals surface area contributed by atoms with E-state index in [9.17, 15) is 18.0 Å². The predicted octanol–water partition coefficient (Wildman–Crippen LogP) is 5.51. The fourth-order valence-corrected chi connectivity index (χ4v) is 3.53. The van der Waals surface area contributed by atoms with Gasteiger partial charge in [-0.1, -0.05) is 32.4 Å². The van der Waals surface area contributed by atoms with E-state index in [1.54, 1.807) is 13.0 Å².